The number of fused-ring (bicyclic) bond motifs is 1. The summed E-state index contributed by atoms with van der Waals surface area (Å²) in [5, 5.41) is 13.5. The second kappa shape index (κ2) is 5.65. The Balaban J connectivity index is 1.81. The van der Waals surface area contributed by atoms with Crippen molar-refractivity contribution in [3.05, 3.63) is 31.4 Å². The molecule has 6 heteroatoms. The summed E-state index contributed by atoms with van der Waals surface area (Å²) in [4.78, 5) is 8.00. The molecule has 2 aromatic rings. The van der Waals surface area contributed by atoms with E-state index in [0.717, 1.165) is 38.9 Å². The number of aliphatic hydroxyl groups is 1. The van der Waals surface area contributed by atoms with E-state index in [2.05, 4.69) is 53.2 Å². The van der Waals surface area contributed by atoms with Gasteiger partial charge < -0.3 is 10.0 Å². The summed E-state index contributed by atoms with van der Waals surface area (Å²) < 4.78 is 1.15. The van der Waals surface area contributed by atoms with E-state index in [1.165, 1.54) is 5.56 Å². The van der Waals surface area contributed by atoms with E-state index < -0.39 is 0 Å². The zero-order valence-corrected chi connectivity index (χ0v) is 15.6. The van der Waals surface area contributed by atoms with Crippen LogP contribution < -0.4 is 4.90 Å². The minimum Gasteiger partial charge on any atom is -0.387 e. The van der Waals surface area contributed by atoms with Crippen LogP contribution in [0, 0.1) is 5.41 Å². The molecule has 2 aromatic heterocycles. The molecule has 0 fully saturated rings. The van der Waals surface area contributed by atoms with Crippen LogP contribution >= 0.6 is 38.6 Å². The van der Waals surface area contributed by atoms with Crippen LogP contribution in [0.1, 0.15) is 42.5 Å². The first-order chi connectivity index (χ1) is 9.84. The number of rotatable bonds is 3. The average molecular weight is 387 g/mol. The molecule has 1 aliphatic carbocycles. The fourth-order valence-corrected chi connectivity index (χ4v) is 5.04. The highest BCUT2D eigenvalue weighted by Gasteiger charge is 2.34. The van der Waals surface area contributed by atoms with Crippen LogP contribution in [0.5, 0.6) is 0 Å². The maximum absolute atomic E-state index is 10.3. The second-order valence-corrected chi connectivity index (χ2v) is 9.78. The molecule has 0 saturated carbocycles. The highest BCUT2D eigenvalue weighted by molar-refractivity contribution is 9.11. The molecule has 0 aliphatic heterocycles. The molecule has 3 rings (SSSR count). The lowest BCUT2D eigenvalue weighted by Crippen LogP contribution is -2.24. The van der Waals surface area contributed by atoms with Gasteiger partial charge in [0.2, 0.25) is 0 Å². The lowest BCUT2D eigenvalue weighted by atomic mass is 9.77. The van der Waals surface area contributed by atoms with E-state index in [9.17, 15) is 5.11 Å². The highest BCUT2D eigenvalue weighted by Crippen LogP contribution is 2.44. The molecule has 0 amide bonds. The highest BCUT2D eigenvalue weighted by atomic mass is 79.9. The lowest BCUT2D eigenvalue weighted by Gasteiger charge is -2.31. The van der Waals surface area contributed by atoms with Crippen LogP contribution in [0.4, 0.5) is 5.13 Å². The number of hydrogen-bond donors (Lipinski definition) is 1. The largest absolute Gasteiger partial charge is 0.387 e. The lowest BCUT2D eigenvalue weighted by molar-refractivity contribution is 0.102. The molecule has 1 N–H and O–H groups in total. The third-order valence-electron chi connectivity index (χ3n) is 3.78. The molecule has 3 nitrogen and oxygen atoms in total. The van der Waals surface area contributed by atoms with Crippen molar-refractivity contribution < 1.29 is 5.11 Å². The Morgan fingerprint density at radius 3 is 2.95 bits per heavy atom. The van der Waals surface area contributed by atoms with Gasteiger partial charge in [0.1, 0.15) is 0 Å². The third kappa shape index (κ3) is 3.33. The van der Waals surface area contributed by atoms with Crippen molar-refractivity contribution in [2.75, 3.05) is 11.9 Å². The summed E-state index contributed by atoms with van der Waals surface area (Å²) in [6, 6.07) is 2.15. The summed E-state index contributed by atoms with van der Waals surface area (Å²) in [6.45, 7) is 5.24. The van der Waals surface area contributed by atoms with Crippen molar-refractivity contribution >= 4 is 43.7 Å². The molecule has 0 spiro atoms. The Kier molecular flexibility index (Phi) is 4.16. The van der Waals surface area contributed by atoms with Crippen LogP contribution in [0.25, 0.3) is 0 Å². The van der Waals surface area contributed by atoms with Gasteiger partial charge in [0.15, 0.2) is 5.13 Å². The van der Waals surface area contributed by atoms with Gasteiger partial charge in [-0.15, -0.1) is 11.3 Å². The molecule has 21 heavy (non-hydrogen) atoms. The Morgan fingerprint density at radius 1 is 1.52 bits per heavy atom. The van der Waals surface area contributed by atoms with Crippen LogP contribution in [0.15, 0.2) is 15.2 Å². The van der Waals surface area contributed by atoms with E-state index in [1.807, 2.05) is 0 Å². The Hall–Kier alpha value is -0.430. The fraction of sp³-hybridized carbons (Fsp3) is 0.533. The molecule has 0 aromatic carbocycles. The number of aromatic nitrogens is 1. The molecule has 1 atom stereocenters. The predicted molar refractivity (Wildman–Crippen MR) is 93.3 cm³/mol. The Morgan fingerprint density at radius 2 is 2.29 bits per heavy atom. The predicted octanol–water partition coefficient (Wildman–Crippen LogP) is 4.61. The van der Waals surface area contributed by atoms with E-state index in [1.54, 1.807) is 22.7 Å². The number of nitrogens with zero attached hydrogens (tertiary/aromatic N) is 2. The van der Waals surface area contributed by atoms with Crippen LogP contribution in [0.2, 0.25) is 0 Å². The van der Waals surface area contributed by atoms with Crippen LogP contribution in [-0.2, 0) is 13.0 Å². The molecule has 1 aliphatic rings. The second-order valence-electron chi connectivity index (χ2n) is 6.48. The van der Waals surface area contributed by atoms with E-state index in [4.69, 9.17) is 4.98 Å². The Bertz CT molecular complexity index is 650. The quantitative estimate of drug-likeness (QED) is 0.836. The van der Waals surface area contributed by atoms with Crippen molar-refractivity contribution in [1.29, 1.82) is 0 Å². The molecule has 0 bridgehead atoms. The first-order valence-electron chi connectivity index (χ1n) is 6.96. The van der Waals surface area contributed by atoms with Gasteiger partial charge in [-0.25, -0.2) is 4.98 Å². The minimum absolute atomic E-state index is 0.133. The van der Waals surface area contributed by atoms with E-state index in [-0.39, 0.29) is 11.5 Å². The zero-order chi connectivity index (χ0) is 15.2. The van der Waals surface area contributed by atoms with Crippen molar-refractivity contribution in [1.82, 2.24) is 4.98 Å². The smallest absolute Gasteiger partial charge is 0.185 e. The maximum atomic E-state index is 10.3. The minimum atomic E-state index is -0.362. The molecule has 0 radical (unpaired) electrons. The van der Waals surface area contributed by atoms with Gasteiger partial charge in [0.05, 0.1) is 20.5 Å². The van der Waals surface area contributed by atoms with Crippen LogP contribution in [0.3, 0.4) is 0 Å². The normalized spacial score (nSPS) is 20.3. The van der Waals surface area contributed by atoms with E-state index in [0.29, 0.717) is 0 Å². The standard InChI is InChI=1S/C15H19BrN2OS2/c1-15(2)5-10-13(11(19)6-15)21-14(17-10)18(3)7-9-4-12(16)20-8-9/h4,8,11,19H,5-7H2,1-3H3. The molecule has 114 valence electrons. The van der Waals surface area contributed by atoms with Gasteiger partial charge in [0, 0.05) is 13.6 Å². The van der Waals surface area contributed by atoms with Gasteiger partial charge >= 0.3 is 0 Å². The maximum Gasteiger partial charge on any atom is 0.185 e. The summed E-state index contributed by atoms with van der Waals surface area (Å²) in [6.07, 6.45) is 1.41. The summed E-state index contributed by atoms with van der Waals surface area (Å²) in [5.74, 6) is 0. The molecule has 1 unspecified atom stereocenters. The zero-order valence-electron chi connectivity index (χ0n) is 12.4. The summed E-state index contributed by atoms with van der Waals surface area (Å²) in [7, 11) is 2.06. The SMILES string of the molecule is CN(Cc1csc(Br)c1)c1nc2c(s1)C(O)CC(C)(C)C2. The molecule has 2 heterocycles. The first kappa shape index (κ1) is 15.5. The number of thiazole rings is 1. The van der Waals surface area contributed by atoms with Gasteiger partial charge in [-0.1, -0.05) is 25.2 Å². The number of anilines is 1. The first-order valence-corrected chi connectivity index (χ1v) is 9.45. The van der Waals surface area contributed by atoms with Crippen molar-refractivity contribution in [3.63, 3.8) is 0 Å². The van der Waals surface area contributed by atoms with Crippen molar-refractivity contribution in [2.24, 2.45) is 5.41 Å². The summed E-state index contributed by atoms with van der Waals surface area (Å²) >= 11 is 6.84. The molecule has 0 saturated heterocycles. The van der Waals surface area contributed by atoms with Crippen LogP contribution in [-0.4, -0.2) is 17.1 Å². The van der Waals surface area contributed by atoms with Gasteiger partial charge in [0.25, 0.3) is 0 Å². The number of hydrogen-bond acceptors (Lipinski definition) is 5. The van der Waals surface area contributed by atoms with Gasteiger partial charge in [-0.05, 0) is 51.2 Å². The average Bonchev–Trinajstić information content (AvgIpc) is 2.94. The van der Waals surface area contributed by atoms with Crippen molar-refractivity contribution in [2.45, 2.75) is 39.3 Å². The summed E-state index contributed by atoms with van der Waals surface area (Å²) in [5.41, 5.74) is 2.50. The third-order valence-corrected chi connectivity index (χ3v) is 6.65. The Labute approximate surface area is 141 Å². The topological polar surface area (TPSA) is 36.4 Å². The fourth-order valence-electron chi connectivity index (χ4n) is 2.81. The van der Waals surface area contributed by atoms with Gasteiger partial charge in [-0.3, -0.25) is 0 Å². The molecular formula is C15H19BrN2OS2. The molecular weight excluding hydrogens is 368 g/mol. The monoisotopic (exact) mass is 386 g/mol. The van der Waals surface area contributed by atoms with Gasteiger partial charge in [-0.2, -0.15) is 0 Å². The number of thiophene rings is 1. The van der Waals surface area contributed by atoms with E-state index >= 15 is 0 Å². The number of aliphatic hydroxyl groups excluding tert-OH is 1. The van der Waals surface area contributed by atoms with Crippen molar-refractivity contribution in [3.8, 4) is 0 Å². The number of halogens is 1.